The van der Waals surface area contributed by atoms with Crippen LogP contribution in [0.5, 0.6) is 5.75 Å². The summed E-state index contributed by atoms with van der Waals surface area (Å²) in [7, 11) is 1.61. The molecule has 1 aliphatic carbocycles. The Balaban J connectivity index is 1.62. The lowest BCUT2D eigenvalue weighted by Crippen LogP contribution is -2.34. The summed E-state index contributed by atoms with van der Waals surface area (Å²) in [6, 6.07) is 7.63. The molecule has 0 radical (unpaired) electrons. The van der Waals surface area contributed by atoms with Gasteiger partial charge >= 0.3 is 0 Å². The summed E-state index contributed by atoms with van der Waals surface area (Å²) in [4.78, 5) is 31.2. The van der Waals surface area contributed by atoms with Gasteiger partial charge in [-0.2, -0.15) is 0 Å². The number of fused-ring (bicyclic) bond motifs is 1. The number of hydrogen-bond acceptors (Lipinski definition) is 6. The molecular formula is C21H25N3O3S2. The number of methoxy groups -OCH3 is 1. The second-order valence-corrected chi connectivity index (χ2v) is 9.87. The maximum Gasteiger partial charge on any atom is 0.272 e. The molecule has 1 atom stereocenters. The largest absolute Gasteiger partial charge is 0.497 e. The molecule has 2 aromatic rings. The first-order valence-electron chi connectivity index (χ1n) is 9.94. The van der Waals surface area contributed by atoms with Crippen molar-refractivity contribution in [2.24, 2.45) is 0 Å². The maximum absolute atomic E-state index is 13.3. The molecule has 8 heteroatoms. The number of carbonyl (C=O) groups is 1. The van der Waals surface area contributed by atoms with Crippen LogP contribution in [0.2, 0.25) is 0 Å². The number of carbonyl (C=O) groups excluding carboxylic acids is 1. The predicted octanol–water partition coefficient (Wildman–Crippen LogP) is 3.43. The number of ether oxygens (including phenoxy) is 1. The number of benzene rings is 1. The van der Waals surface area contributed by atoms with E-state index in [1.165, 1.54) is 24.6 Å². The number of aromatic nitrogens is 2. The Labute approximate surface area is 178 Å². The number of amides is 1. The Morgan fingerprint density at radius 1 is 1.31 bits per heavy atom. The van der Waals surface area contributed by atoms with Gasteiger partial charge in [-0.1, -0.05) is 31.5 Å². The topological polar surface area (TPSA) is 73.2 Å². The summed E-state index contributed by atoms with van der Waals surface area (Å²) in [6.07, 6.45) is 5.24. The fraction of sp³-hybridized carbons (Fsp3) is 0.476. The van der Waals surface area contributed by atoms with Crippen LogP contribution in [0.25, 0.3) is 5.69 Å². The van der Waals surface area contributed by atoms with E-state index in [0.29, 0.717) is 15.3 Å². The van der Waals surface area contributed by atoms with Gasteiger partial charge in [-0.15, -0.1) is 11.8 Å². The van der Waals surface area contributed by atoms with Crippen LogP contribution in [0.15, 0.2) is 39.1 Å². The first kappa shape index (κ1) is 20.3. The number of nitrogens with zero attached hydrogens (tertiary/aromatic N) is 2. The van der Waals surface area contributed by atoms with Gasteiger partial charge in [0, 0.05) is 17.7 Å². The summed E-state index contributed by atoms with van der Waals surface area (Å²) in [5.74, 6) is 0.977. The van der Waals surface area contributed by atoms with Gasteiger partial charge in [-0.05, 0) is 37.1 Å². The zero-order valence-corrected chi connectivity index (χ0v) is 18.3. The minimum absolute atomic E-state index is 0.000622. The third kappa shape index (κ3) is 4.48. The van der Waals surface area contributed by atoms with Gasteiger partial charge in [0.2, 0.25) is 5.91 Å². The third-order valence-electron chi connectivity index (χ3n) is 5.26. The fourth-order valence-electron chi connectivity index (χ4n) is 3.83. The normalized spacial score (nSPS) is 18.6. The molecule has 1 saturated carbocycles. The number of hydrogen-bond donors (Lipinski definition) is 1. The van der Waals surface area contributed by atoms with Gasteiger partial charge in [0.05, 0.1) is 29.1 Å². The average Bonchev–Trinajstić information content (AvgIpc) is 3.35. The Morgan fingerprint density at radius 3 is 2.72 bits per heavy atom. The minimum Gasteiger partial charge on any atom is -0.497 e. The van der Waals surface area contributed by atoms with Crippen molar-refractivity contribution in [1.29, 1.82) is 0 Å². The van der Waals surface area contributed by atoms with E-state index < -0.39 is 0 Å². The molecule has 1 aliphatic heterocycles. The standard InChI is InChI=1S/C21H25N3O3S2/c1-13-11-17-19(29-13)20(26)24(15-7-9-16(27-2)10-8-15)21(23-17)28-12-18(25)22-14-5-3-4-6-14/h7-10,13-14H,3-6,11-12H2,1-2H3,(H,22,25). The molecular weight excluding hydrogens is 406 g/mol. The van der Waals surface area contributed by atoms with E-state index in [0.717, 1.165) is 36.4 Å². The van der Waals surface area contributed by atoms with E-state index in [1.807, 2.05) is 24.3 Å². The van der Waals surface area contributed by atoms with Crippen LogP contribution < -0.4 is 15.6 Å². The molecule has 1 amide bonds. The molecule has 4 rings (SSSR count). The van der Waals surface area contributed by atoms with E-state index in [-0.39, 0.29) is 23.3 Å². The Kier molecular flexibility index (Phi) is 6.20. The summed E-state index contributed by atoms with van der Waals surface area (Å²) in [6.45, 7) is 2.10. The lowest BCUT2D eigenvalue weighted by atomic mass is 10.2. The number of thioether (sulfide) groups is 2. The highest BCUT2D eigenvalue weighted by Crippen LogP contribution is 2.35. The van der Waals surface area contributed by atoms with Gasteiger partial charge in [0.15, 0.2) is 5.16 Å². The average molecular weight is 432 g/mol. The minimum atomic E-state index is -0.0618. The first-order chi connectivity index (χ1) is 14.0. The molecule has 1 aromatic carbocycles. The molecule has 0 spiro atoms. The lowest BCUT2D eigenvalue weighted by Gasteiger charge is -2.15. The van der Waals surface area contributed by atoms with Crippen molar-refractivity contribution < 1.29 is 9.53 Å². The molecule has 154 valence electrons. The van der Waals surface area contributed by atoms with E-state index in [2.05, 4.69) is 12.2 Å². The third-order valence-corrected chi connectivity index (χ3v) is 7.42. The SMILES string of the molecule is COc1ccc(-n2c(SCC(=O)NC3CCCC3)nc3c(c2=O)SC(C)C3)cc1. The quantitative estimate of drug-likeness (QED) is 0.558. The van der Waals surface area contributed by atoms with Crippen molar-refractivity contribution in [2.45, 2.75) is 60.4 Å². The van der Waals surface area contributed by atoms with E-state index in [1.54, 1.807) is 23.4 Å². The zero-order valence-electron chi connectivity index (χ0n) is 16.6. The summed E-state index contributed by atoms with van der Waals surface area (Å²) in [5.41, 5.74) is 1.51. The van der Waals surface area contributed by atoms with Crippen LogP contribution in [-0.4, -0.2) is 39.6 Å². The van der Waals surface area contributed by atoms with Crippen LogP contribution in [0.3, 0.4) is 0 Å². The Hall–Kier alpha value is -1.93. The maximum atomic E-state index is 13.3. The number of rotatable bonds is 6. The van der Waals surface area contributed by atoms with Crippen molar-refractivity contribution in [3.8, 4) is 11.4 Å². The van der Waals surface area contributed by atoms with Crippen molar-refractivity contribution in [2.75, 3.05) is 12.9 Å². The Bertz CT molecular complexity index is 953. The molecule has 1 aromatic heterocycles. The van der Waals surface area contributed by atoms with Crippen LogP contribution in [0, 0.1) is 0 Å². The summed E-state index contributed by atoms with van der Waals surface area (Å²) >= 11 is 2.90. The van der Waals surface area contributed by atoms with Crippen LogP contribution in [0.4, 0.5) is 0 Å². The Morgan fingerprint density at radius 2 is 2.03 bits per heavy atom. The van der Waals surface area contributed by atoms with Gasteiger partial charge in [0.25, 0.3) is 5.56 Å². The van der Waals surface area contributed by atoms with Crippen LogP contribution in [-0.2, 0) is 11.2 Å². The van der Waals surface area contributed by atoms with Gasteiger partial charge in [0.1, 0.15) is 5.75 Å². The van der Waals surface area contributed by atoms with Crippen molar-refractivity contribution >= 4 is 29.4 Å². The molecule has 0 saturated heterocycles. The van der Waals surface area contributed by atoms with Gasteiger partial charge < -0.3 is 10.1 Å². The second-order valence-electron chi connectivity index (χ2n) is 7.48. The first-order valence-corrected chi connectivity index (χ1v) is 11.8. The summed E-state index contributed by atoms with van der Waals surface area (Å²) < 4.78 is 6.85. The summed E-state index contributed by atoms with van der Waals surface area (Å²) in [5, 5.41) is 4.00. The van der Waals surface area contributed by atoms with E-state index >= 15 is 0 Å². The van der Waals surface area contributed by atoms with Crippen LogP contribution in [0.1, 0.15) is 38.3 Å². The van der Waals surface area contributed by atoms with Crippen molar-refractivity contribution in [1.82, 2.24) is 14.9 Å². The van der Waals surface area contributed by atoms with Gasteiger partial charge in [-0.3, -0.25) is 14.2 Å². The zero-order chi connectivity index (χ0) is 20.4. The lowest BCUT2D eigenvalue weighted by molar-refractivity contribution is -0.119. The van der Waals surface area contributed by atoms with Crippen LogP contribution >= 0.6 is 23.5 Å². The molecule has 2 aliphatic rings. The molecule has 1 fully saturated rings. The molecule has 29 heavy (non-hydrogen) atoms. The highest BCUT2D eigenvalue weighted by atomic mass is 32.2. The van der Waals surface area contributed by atoms with Crippen molar-refractivity contribution in [3.05, 3.63) is 40.3 Å². The molecule has 0 bridgehead atoms. The predicted molar refractivity (Wildman–Crippen MR) is 117 cm³/mol. The highest BCUT2D eigenvalue weighted by Gasteiger charge is 2.27. The van der Waals surface area contributed by atoms with Gasteiger partial charge in [-0.25, -0.2) is 4.98 Å². The monoisotopic (exact) mass is 431 g/mol. The molecule has 1 N–H and O–H groups in total. The molecule has 1 unspecified atom stereocenters. The van der Waals surface area contributed by atoms with E-state index in [9.17, 15) is 9.59 Å². The number of nitrogens with one attached hydrogen (secondary N) is 1. The molecule has 2 heterocycles. The molecule has 6 nitrogen and oxygen atoms in total. The van der Waals surface area contributed by atoms with E-state index in [4.69, 9.17) is 9.72 Å². The second kappa shape index (κ2) is 8.83. The van der Waals surface area contributed by atoms with Crippen molar-refractivity contribution in [3.63, 3.8) is 0 Å². The fourth-order valence-corrected chi connectivity index (χ4v) is 5.76. The smallest absolute Gasteiger partial charge is 0.272 e. The highest BCUT2D eigenvalue weighted by molar-refractivity contribution is 8.00.